The Morgan fingerprint density at radius 3 is 2.80 bits per heavy atom. The second-order valence-electron chi connectivity index (χ2n) is 8.96. The van der Waals surface area contributed by atoms with Crippen molar-refractivity contribution in [3.8, 4) is 0 Å². The molecule has 3 aromatic rings. The molecule has 0 bridgehead atoms. The normalized spacial score (nSPS) is 21.5. The van der Waals surface area contributed by atoms with E-state index in [9.17, 15) is 13.2 Å². The lowest BCUT2D eigenvalue weighted by Gasteiger charge is -2.34. The van der Waals surface area contributed by atoms with Crippen LogP contribution in [0.2, 0.25) is 4.34 Å². The Kier molecular flexibility index (Phi) is 7.48. The number of aromatic nitrogens is 1. The first kappa shape index (κ1) is 25.1. The minimum Gasteiger partial charge on any atom is -0.376 e. The molecule has 5 rings (SSSR count). The van der Waals surface area contributed by atoms with Crippen LogP contribution >= 0.6 is 34.3 Å². The Morgan fingerprint density at radius 1 is 1.23 bits per heavy atom. The van der Waals surface area contributed by atoms with E-state index in [0.717, 1.165) is 46.4 Å². The number of nitrogens with zero attached hydrogens (tertiary/aromatic N) is 3. The van der Waals surface area contributed by atoms with Gasteiger partial charge in [-0.05, 0) is 55.9 Å². The van der Waals surface area contributed by atoms with Crippen molar-refractivity contribution in [2.45, 2.75) is 49.3 Å². The number of aryl methyl sites for hydroxylation is 1. The number of hydrogen-bond donors (Lipinski definition) is 0. The van der Waals surface area contributed by atoms with Gasteiger partial charge in [-0.25, -0.2) is 13.4 Å². The Labute approximate surface area is 218 Å². The number of fused-ring (bicyclic) bond motifs is 1. The standard InChI is InChI=1S/C24H28ClN3O4S3/c1-2-16-6-3-9-19-22(16)26-24(33-19)28(15-18-8-5-13-32-18)23(29)17-7-4-12-27(14-17)35(30,31)21-11-10-20(25)34-21/h3,6,9-11,17-18H,2,4-5,7-8,12-15H2,1H3. The summed E-state index contributed by atoms with van der Waals surface area (Å²) in [5.41, 5.74) is 2.08. The van der Waals surface area contributed by atoms with Gasteiger partial charge in [0.1, 0.15) is 4.21 Å². The molecule has 0 radical (unpaired) electrons. The number of amides is 1. The zero-order chi connectivity index (χ0) is 24.6. The average molecular weight is 554 g/mol. The van der Waals surface area contributed by atoms with Gasteiger partial charge in [0, 0.05) is 19.7 Å². The summed E-state index contributed by atoms with van der Waals surface area (Å²) in [7, 11) is -3.69. The highest BCUT2D eigenvalue weighted by molar-refractivity contribution is 7.91. The van der Waals surface area contributed by atoms with E-state index in [0.29, 0.717) is 42.0 Å². The number of para-hydroxylation sites is 1. The number of sulfonamides is 1. The van der Waals surface area contributed by atoms with Crippen LogP contribution in [0.5, 0.6) is 0 Å². The average Bonchev–Trinajstić information content (AvgIpc) is 3.62. The highest BCUT2D eigenvalue weighted by Crippen LogP contribution is 2.35. The molecule has 11 heteroatoms. The van der Waals surface area contributed by atoms with Gasteiger partial charge in [0.25, 0.3) is 10.0 Å². The molecule has 7 nitrogen and oxygen atoms in total. The molecular weight excluding hydrogens is 526 g/mol. The largest absolute Gasteiger partial charge is 0.376 e. The molecule has 2 atom stereocenters. The summed E-state index contributed by atoms with van der Waals surface area (Å²) >= 11 is 8.54. The predicted molar refractivity (Wildman–Crippen MR) is 141 cm³/mol. The van der Waals surface area contributed by atoms with Crippen molar-refractivity contribution in [3.05, 3.63) is 40.2 Å². The van der Waals surface area contributed by atoms with Gasteiger partial charge in [-0.1, -0.05) is 42.0 Å². The SMILES string of the molecule is CCc1cccc2sc(N(CC3CCCO3)C(=O)C3CCCN(S(=O)(=O)c4ccc(Cl)s4)C3)nc12. The summed E-state index contributed by atoms with van der Waals surface area (Å²) in [6, 6.07) is 9.25. The summed E-state index contributed by atoms with van der Waals surface area (Å²) in [5.74, 6) is -0.519. The molecule has 1 amide bonds. The van der Waals surface area contributed by atoms with Gasteiger partial charge in [-0.2, -0.15) is 4.31 Å². The number of piperidine rings is 1. The zero-order valence-electron chi connectivity index (χ0n) is 19.5. The Hall–Kier alpha value is -1.56. The van der Waals surface area contributed by atoms with Crippen molar-refractivity contribution in [1.29, 1.82) is 0 Å². The van der Waals surface area contributed by atoms with Crippen LogP contribution in [-0.2, 0) is 26.0 Å². The van der Waals surface area contributed by atoms with Crippen LogP contribution in [0, 0.1) is 5.92 Å². The number of anilines is 1. The maximum Gasteiger partial charge on any atom is 0.252 e. The van der Waals surface area contributed by atoms with Crippen LogP contribution < -0.4 is 4.90 Å². The van der Waals surface area contributed by atoms with Crippen LogP contribution in [-0.4, -0.2) is 56.0 Å². The van der Waals surface area contributed by atoms with Crippen LogP contribution in [0.15, 0.2) is 34.5 Å². The molecule has 1 aromatic carbocycles. The van der Waals surface area contributed by atoms with Crippen molar-refractivity contribution in [2.75, 3.05) is 31.1 Å². The second-order valence-corrected chi connectivity index (χ2v) is 13.8. The first-order chi connectivity index (χ1) is 16.9. The van der Waals surface area contributed by atoms with E-state index >= 15 is 0 Å². The van der Waals surface area contributed by atoms with Crippen molar-refractivity contribution in [3.63, 3.8) is 0 Å². The fourth-order valence-corrected chi connectivity index (χ4v) is 8.98. The predicted octanol–water partition coefficient (Wildman–Crippen LogP) is 5.19. The zero-order valence-corrected chi connectivity index (χ0v) is 22.7. The van der Waals surface area contributed by atoms with E-state index in [2.05, 4.69) is 13.0 Å². The van der Waals surface area contributed by atoms with Gasteiger partial charge in [0.2, 0.25) is 5.91 Å². The van der Waals surface area contributed by atoms with Crippen molar-refractivity contribution >= 4 is 65.6 Å². The van der Waals surface area contributed by atoms with E-state index in [4.69, 9.17) is 21.3 Å². The molecular formula is C24H28ClN3O4S3. The van der Waals surface area contributed by atoms with E-state index in [1.165, 1.54) is 21.7 Å². The minimum atomic E-state index is -3.69. The summed E-state index contributed by atoms with van der Waals surface area (Å²) < 4.78 is 35.4. The van der Waals surface area contributed by atoms with Crippen molar-refractivity contribution < 1.29 is 17.9 Å². The van der Waals surface area contributed by atoms with Gasteiger partial charge >= 0.3 is 0 Å². The van der Waals surface area contributed by atoms with Crippen molar-refractivity contribution in [1.82, 2.24) is 9.29 Å². The third-order valence-electron chi connectivity index (χ3n) is 6.66. The highest BCUT2D eigenvalue weighted by Gasteiger charge is 2.37. The number of benzene rings is 1. The molecule has 2 unspecified atom stereocenters. The Bertz CT molecular complexity index is 1320. The number of ether oxygens (including phenoxy) is 1. The molecule has 188 valence electrons. The first-order valence-corrected chi connectivity index (χ1v) is 15.4. The maximum absolute atomic E-state index is 13.9. The molecule has 2 aromatic heterocycles. The lowest BCUT2D eigenvalue weighted by atomic mass is 9.98. The molecule has 0 spiro atoms. The van der Waals surface area contributed by atoms with E-state index in [1.54, 1.807) is 11.0 Å². The molecule has 0 aliphatic carbocycles. The summed E-state index contributed by atoms with van der Waals surface area (Å²) in [4.78, 5) is 20.6. The quantitative estimate of drug-likeness (QED) is 0.402. The number of thiophene rings is 1. The van der Waals surface area contributed by atoms with Gasteiger partial charge in [-0.15, -0.1) is 11.3 Å². The molecule has 4 heterocycles. The number of halogens is 1. The fourth-order valence-electron chi connectivity index (χ4n) is 4.80. The number of carbonyl (C=O) groups is 1. The Morgan fingerprint density at radius 2 is 2.09 bits per heavy atom. The molecule has 2 saturated heterocycles. The number of thiazole rings is 1. The molecule has 2 aliphatic heterocycles. The summed E-state index contributed by atoms with van der Waals surface area (Å²) in [6.45, 7) is 3.79. The lowest BCUT2D eigenvalue weighted by Crippen LogP contribution is -2.48. The van der Waals surface area contributed by atoms with E-state index < -0.39 is 15.9 Å². The topological polar surface area (TPSA) is 79.8 Å². The smallest absolute Gasteiger partial charge is 0.252 e. The fraction of sp³-hybridized carbons (Fsp3) is 0.500. The highest BCUT2D eigenvalue weighted by atomic mass is 35.5. The van der Waals surface area contributed by atoms with Crippen LogP contribution in [0.4, 0.5) is 5.13 Å². The molecule has 0 saturated carbocycles. The Balaban J connectivity index is 1.43. The van der Waals surface area contributed by atoms with Gasteiger partial charge in [-0.3, -0.25) is 9.69 Å². The minimum absolute atomic E-state index is 0.0340. The number of rotatable bonds is 7. The lowest BCUT2D eigenvalue weighted by molar-refractivity contribution is -0.123. The number of carbonyl (C=O) groups excluding carboxylic acids is 1. The van der Waals surface area contributed by atoms with E-state index in [-0.39, 0.29) is 22.8 Å². The molecule has 0 N–H and O–H groups in total. The number of hydrogen-bond acceptors (Lipinski definition) is 7. The molecule has 35 heavy (non-hydrogen) atoms. The monoisotopic (exact) mass is 553 g/mol. The molecule has 2 aliphatic rings. The summed E-state index contributed by atoms with van der Waals surface area (Å²) in [5, 5.41) is 0.659. The van der Waals surface area contributed by atoms with Crippen LogP contribution in [0.1, 0.15) is 38.2 Å². The van der Waals surface area contributed by atoms with Gasteiger partial charge in [0.15, 0.2) is 5.13 Å². The summed E-state index contributed by atoms with van der Waals surface area (Å²) in [6.07, 6.45) is 3.98. The van der Waals surface area contributed by atoms with Gasteiger partial charge in [0.05, 0.1) is 33.1 Å². The second kappa shape index (κ2) is 10.4. The third-order valence-corrected chi connectivity index (χ3v) is 11.3. The van der Waals surface area contributed by atoms with Crippen LogP contribution in [0.25, 0.3) is 10.2 Å². The molecule has 2 fully saturated rings. The first-order valence-electron chi connectivity index (χ1n) is 11.9. The van der Waals surface area contributed by atoms with Crippen LogP contribution in [0.3, 0.4) is 0 Å². The van der Waals surface area contributed by atoms with Crippen molar-refractivity contribution in [2.24, 2.45) is 5.92 Å². The van der Waals surface area contributed by atoms with E-state index in [1.807, 2.05) is 12.1 Å². The third kappa shape index (κ3) is 5.14. The maximum atomic E-state index is 13.9. The van der Waals surface area contributed by atoms with Gasteiger partial charge < -0.3 is 4.74 Å².